The van der Waals surface area contributed by atoms with Crippen LogP contribution in [0.25, 0.3) is 0 Å². The molecule has 1 heterocycles. The summed E-state index contributed by atoms with van der Waals surface area (Å²) in [5.74, 6) is -0.287. The number of hydrogen-bond donors (Lipinski definition) is 2. The van der Waals surface area contributed by atoms with Crippen LogP contribution in [0.4, 0.5) is 5.69 Å². The predicted molar refractivity (Wildman–Crippen MR) is 82.0 cm³/mol. The molecule has 2 unspecified atom stereocenters. The van der Waals surface area contributed by atoms with Gasteiger partial charge in [-0.3, -0.25) is 4.79 Å². The van der Waals surface area contributed by atoms with Crippen LogP contribution in [-0.4, -0.2) is 41.2 Å². The monoisotopic (exact) mass is 301 g/mol. The molecule has 1 saturated heterocycles. The molecule has 1 aliphatic heterocycles. The molecule has 1 amide bonds. The third-order valence-electron chi connectivity index (χ3n) is 3.33. The number of aromatic hydroxyl groups is 1. The van der Waals surface area contributed by atoms with E-state index in [1.807, 2.05) is 19.9 Å². The number of morpholine rings is 1. The third kappa shape index (κ3) is 3.77. The molecule has 0 aromatic heterocycles. The van der Waals surface area contributed by atoms with Crippen molar-refractivity contribution in [3.05, 3.63) is 36.0 Å². The molecule has 1 aromatic rings. The molecule has 22 heavy (non-hydrogen) atoms. The highest BCUT2D eigenvalue weighted by molar-refractivity contribution is 5.97. The van der Waals surface area contributed by atoms with Gasteiger partial charge in [0.05, 0.1) is 17.9 Å². The van der Waals surface area contributed by atoms with Crippen molar-refractivity contribution >= 4 is 11.6 Å². The second-order valence-corrected chi connectivity index (χ2v) is 5.30. The fourth-order valence-corrected chi connectivity index (χ4v) is 2.40. The van der Waals surface area contributed by atoms with E-state index in [0.717, 1.165) is 0 Å². The predicted octanol–water partition coefficient (Wildman–Crippen LogP) is 1.85. The lowest BCUT2D eigenvalue weighted by molar-refractivity contribution is -0.138. The van der Waals surface area contributed by atoms with Crippen LogP contribution in [0.5, 0.6) is 5.75 Å². The summed E-state index contributed by atoms with van der Waals surface area (Å²) in [6.07, 6.45) is 1.21. The molecule has 2 atom stereocenters. The van der Waals surface area contributed by atoms with Crippen LogP contribution < -0.4 is 5.32 Å². The van der Waals surface area contributed by atoms with E-state index in [9.17, 15) is 15.2 Å². The summed E-state index contributed by atoms with van der Waals surface area (Å²) in [5.41, 5.74) is 0.427. The molecule has 116 valence electrons. The molecule has 0 bridgehead atoms. The highest BCUT2D eigenvalue weighted by Crippen LogP contribution is 2.22. The number of ether oxygens (including phenoxy) is 1. The number of benzene rings is 1. The minimum absolute atomic E-state index is 0.00967. The summed E-state index contributed by atoms with van der Waals surface area (Å²) in [4.78, 5) is 14.0. The minimum atomic E-state index is -0.340. The molecular weight excluding hydrogens is 282 g/mol. The first-order chi connectivity index (χ1) is 10.5. The number of nitrogens with zero attached hydrogens (tertiary/aromatic N) is 2. The Morgan fingerprint density at radius 3 is 2.64 bits per heavy atom. The largest absolute Gasteiger partial charge is 0.506 e. The van der Waals surface area contributed by atoms with Gasteiger partial charge in [0, 0.05) is 19.3 Å². The summed E-state index contributed by atoms with van der Waals surface area (Å²) >= 11 is 0. The van der Waals surface area contributed by atoms with E-state index < -0.39 is 0 Å². The second-order valence-electron chi connectivity index (χ2n) is 5.30. The van der Waals surface area contributed by atoms with E-state index in [2.05, 4.69) is 5.32 Å². The number of phenols is 1. The number of rotatable bonds is 3. The Hall–Kier alpha value is -2.52. The number of carbonyl (C=O) groups excluding carboxylic acids is 1. The minimum Gasteiger partial charge on any atom is -0.506 e. The SMILES string of the molecule is CC1CN(C(=O)/C(C#N)=C\Nc2ccccc2O)CC(C)O1. The summed E-state index contributed by atoms with van der Waals surface area (Å²) in [6.45, 7) is 4.70. The second kappa shape index (κ2) is 6.96. The number of phenolic OH excluding ortho intramolecular Hbond substituents is 1. The summed E-state index contributed by atoms with van der Waals surface area (Å²) in [5, 5.41) is 21.7. The van der Waals surface area contributed by atoms with Crippen LogP contribution in [0.1, 0.15) is 13.8 Å². The van der Waals surface area contributed by atoms with Gasteiger partial charge in [0.2, 0.25) is 0 Å². The zero-order valence-corrected chi connectivity index (χ0v) is 12.6. The molecule has 2 rings (SSSR count). The molecule has 1 aromatic carbocycles. The normalized spacial score (nSPS) is 22.0. The molecule has 6 heteroatoms. The quantitative estimate of drug-likeness (QED) is 0.505. The number of hydrogen-bond acceptors (Lipinski definition) is 5. The molecule has 0 spiro atoms. The third-order valence-corrected chi connectivity index (χ3v) is 3.33. The molecule has 0 aliphatic carbocycles. The van der Waals surface area contributed by atoms with Crippen LogP contribution in [0, 0.1) is 11.3 Å². The molecule has 1 aliphatic rings. The van der Waals surface area contributed by atoms with E-state index in [4.69, 9.17) is 4.74 Å². The van der Waals surface area contributed by atoms with Gasteiger partial charge >= 0.3 is 0 Å². The zero-order chi connectivity index (χ0) is 16.1. The van der Waals surface area contributed by atoms with Gasteiger partial charge in [-0.05, 0) is 26.0 Å². The number of nitriles is 1. The van der Waals surface area contributed by atoms with E-state index >= 15 is 0 Å². The molecular formula is C16H19N3O3. The Morgan fingerprint density at radius 1 is 1.41 bits per heavy atom. The summed E-state index contributed by atoms with van der Waals surface area (Å²) in [6, 6.07) is 8.52. The Kier molecular flexibility index (Phi) is 5.02. The van der Waals surface area contributed by atoms with Gasteiger partial charge in [-0.2, -0.15) is 5.26 Å². The van der Waals surface area contributed by atoms with Gasteiger partial charge in [-0.15, -0.1) is 0 Å². The highest BCUT2D eigenvalue weighted by Gasteiger charge is 2.27. The van der Waals surface area contributed by atoms with Crippen molar-refractivity contribution in [2.24, 2.45) is 0 Å². The van der Waals surface area contributed by atoms with E-state index in [-0.39, 0.29) is 29.4 Å². The van der Waals surface area contributed by atoms with Gasteiger partial charge in [0.1, 0.15) is 17.4 Å². The number of amides is 1. The molecule has 2 N–H and O–H groups in total. The van der Waals surface area contributed by atoms with Crippen molar-refractivity contribution < 1.29 is 14.6 Å². The molecule has 1 fully saturated rings. The van der Waals surface area contributed by atoms with Crippen molar-refractivity contribution in [3.63, 3.8) is 0 Å². The lowest BCUT2D eigenvalue weighted by Crippen LogP contribution is -2.48. The van der Waals surface area contributed by atoms with Gasteiger partial charge in [-0.1, -0.05) is 12.1 Å². The topological polar surface area (TPSA) is 85.6 Å². The van der Waals surface area contributed by atoms with E-state index in [1.165, 1.54) is 12.3 Å². The first kappa shape index (κ1) is 15.9. The zero-order valence-electron chi connectivity index (χ0n) is 12.6. The van der Waals surface area contributed by atoms with Crippen LogP contribution in [-0.2, 0) is 9.53 Å². The van der Waals surface area contributed by atoms with Crippen molar-refractivity contribution in [3.8, 4) is 11.8 Å². The van der Waals surface area contributed by atoms with Crippen molar-refractivity contribution in [1.82, 2.24) is 4.90 Å². The average molecular weight is 301 g/mol. The number of para-hydroxylation sites is 2. The molecule has 0 radical (unpaired) electrons. The highest BCUT2D eigenvalue weighted by atomic mass is 16.5. The molecule has 6 nitrogen and oxygen atoms in total. The van der Waals surface area contributed by atoms with Crippen molar-refractivity contribution in [1.29, 1.82) is 5.26 Å². The Bertz CT molecular complexity index is 611. The summed E-state index contributed by atoms with van der Waals surface area (Å²) < 4.78 is 5.58. The van der Waals surface area contributed by atoms with E-state index in [1.54, 1.807) is 23.1 Å². The van der Waals surface area contributed by atoms with Gasteiger partial charge in [0.25, 0.3) is 5.91 Å². The Balaban J connectivity index is 2.10. The van der Waals surface area contributed by atoms with Crippen LogP contribution >= 0.6 is 0 Å². The smallest absolute Gasteiger partial charge is 0.266 e. The fraction of sp³-hybridized carbons (Fsp3) is 0.375. The van der Waals surface area contributed by atoms with Crippen LogP contribution in [0.15, 0.2) is 36.0 Å². The summed E-state index contributed by atoms with van der Waals surface area (Å²) in [7, 11) is 0. The Labute approximate surface area is 129 Å². The van der Waals surface area contributed by atoms with Gasteiger partial charge in [0.15, 0.2) is 0 Å². The number of carbonyl (C=O) groups is 1. The number of anilines is 1. The van der Waals surface area contributed by atoms with Crippen LogP contribution in [0.3, 0.4) is 0 Å². The lowest BCUT2D eigenvalue weighted by Gasteiger charge is -2.35. The maximum absolute atomic E-state index is 12.4. The first-order valence-corrected chi connectivity index (χ1v) is 7.10. The van der Waals surface area contributed by atoms with Gasteiger partial charge in [-0.25, -0.2) is 0 Å². The van der Waals surface area contributed by atoms with Crippen molar-refractivity contribution in [2.45, 2.75) is 26.1 Å². The standard InChI is InChI=1S/C16H19N3O3/c1-11-9-19(10-12(2)22-11)16(21)13(7-17)8-18-14-5-3-4-6-15(14)20/h3-6,8,11-12,18,20H,9-10H2,1-2H3/b13-8-. The van der Waals surface area contributed by atoms with E-state index in [0.29, 0.717) is 18.8 Å². The van der Waals surface area contributed by atoms with Gasteiger partial charge < -0.3 is 20.1 Å². The van der Waals surface area contributed by atoms with Crippen LogP contribution in [0.2, 0.25) is 0 Å². The van der Waals surface area contributed by atoms with Crippen molar-refractivity contribution in [2.75, 3.05) is 18.4 Å². The Morgan fingerprint density at radius 2 is 2.05 bits per heavy atom. The fourth-order valence-electron chi connectivity index (χ4n) is 2.40. The first-order valence-electron chi connectivity index (χ1n) is 7.10. The molecule has 0 saturated carbocycles. The lowest BCUT2D eigenvalue weighted by atomic mass is 10.2. The maximum Gasteiger partial charge on any atom is 0.266 e. The number of nitrogens with one attached hydrogen (secondary N) is 1. The maximum atomic E-state index is 12.4. The average Bonchev–Trinajstić information content (AvgIpc) is 2.48.